The Balaban J connectivity index is 1.42. The second kappa shape index (κ2) is 6.85. The SMILES string of the molecule is Cc1cc(NC(=O)C2COc3ccccc3O2)n(-c2nc3c(F)cccc3s2)n1. The van der Waals surface area contributed by atoms with Crippen LogP contribution in [-0.4, -0.2) is 33.4 Å². The quantitative estimate of drug-likeness (QED) is 0.557. The van der Waals surface area contributed by atoms with E-state index >= 15 is 0 Å². The minimum Gasteiger partial charge on any atom is -0.485 e. The van der Waals surface area contributed by atoms with Crippen LogP contribution in [0.4, 0.5) is 10.2 Å². The highest BCUT2D eigenvalue weighted by atomic mass is 32.1. The first-order valence-electron chi connectivity index (χ1n) is 8.90. The summed E-state index contributed by atoms with van der Waals surface area (Å²) in [4.78, 5) is 17.1. The number of thiazole rings is 1. The smallest absolute Gasteiger partial charge is 0.270 e. The summed E-state index contributed by atoms with van der Waals surface area (Å²) in [5.41, 5.74) is 0.963. The molecule has 2 aromatic carbocycles. The van der Waals surface area contributed by atoms with Gasteiger partial charge in [0.25, 0.3) is 5.91 Å². The fraction of sp³-hybridized carbons (Fsp3) is 0.150. The van der Waals surface area contributed by atoms with Crippen LogP contribution < -0.4 is 14.8 Å². The van der Waals surface area contributed by atoms with E-state index in [4.69, 9.17) is 9.47 Å². The van der Waals surface area contributed by atoms with Crippen LogP contribution in [0.25, 0.3) is 15.3 Å². The third kappa shape index (κ3) is 3.19. The molecule has 3 heterocycles. The fourth-order valence-electron chi connectivity index (χ4n) is 3.08. The summed E-state index contributed by atoms with van der Waals surface area (Å²) in [6.45, 7) is 1.90. The van der Waals surface area contributed by atoms with Gasteiger partial charge in [-0.25, -0.2) is 9.37 Å². The Bertz CT molecular complexity index is 1240. The number of fused-ring (bicyclic) bond motifs is 2. The van der Waals surface area contributed by atoms with Crippen LogP contribution in [0.2, 0.25) is 0 Å². The Morgan fingerprint density at radius 3 is 2.90 bits per heavy atom. The molecule has 0 fully saturated rings. The summed E-state index contributed by atoms with van der Waals surface area (Å²) in [6, 6.07) is 13.7. The number of hydrogen-bond donors (Lipinski definition) is 1. The number of ether oxygens (including phenoxy) is 2. The highest BCUT2D eigenvalue weighted by Gasteiger charge is 2.28. The lowest BCUT2D eigenvalue weighted by molar-refractivity contribution is -0.125. The number of rotatable bonds is 3. The van der Waals surface area contributed by atoms with Gasteiger partial charge in [0.2, 0.25) is 11.2 Å². The van der Waals surface area contributed by atoms with Crippen molar-refractivity contribution < 1.29 is 18.7 Å². The van der Waals surface area contributed by atoms with Crippen molar-refractivity contribution in [2.75, 3.05) is 11.9 Å². The molecule has 9 heteroatoms. The Hall–Kier alpha value is -3.46. The number of aryl methyl sites for hydroxylation is 1. The van der Waals surface area contributed by atoms with E-state index in [0.29, 0.717) is 32.8 Å². The zero-order valence-electron chi connectivity index (χ0n) is 15.3. The molecule has 146 valence electrons. The first-order valence-corrected chi connectivity index (χ1v) is 9.71. The van der Waals surface area contributed by atoms with Gasteiger partial charge in [-0.15, -0.1) is 0 Å². The van der Waals surface area contributed by atoms with Crippen molar-refractivity contribution in [3.63, 3.8) is 0 Å². The molecule has 0 bridgehead atoms. The number of carbonyl (C=O) groups excluding carboxylic acids is 1. The Morgan fingerprint density at radius 2 is 2.07 bits per heavy atom. The number of aromatic nitrogens is 3. The molecule has 1 N–H and O–H groups in total. The van der Waals surface area contributed by atoms with Crippen molar-refractivity contribution >= 4 is 33.3 Å². The van der Waals surface area contributed by atoms with Crippen molar-refractivity contribution in [1.82, 2.24) is 14.8 Å². The van der Waals surface area contributed by atoms with E-state index in [1.54, 1.807) is 37.3 Å². The number of nitrogens with one attached hydrogen (secondary N) is 1. The van der Waals surface area contributed by atoms with Crippen LogP contribution in [-0.2, 0) is 4.79 Å². The summed E-state index contributed by atoms with van der Waals surface area (Å²) < 4.78 is 27.6. The minimum absolute atomic E-state index is 0.0995. The van der Waals surface area contributed by atoms with E-state index in [1.807, 2.05) is 12.1 Å². The average Bonchev–Trinajstić information content (AvgIpc) is 3.31. The predicted molar refractivity (Wildman–Crippen MR) is 106 cm³/mol. The van der Waals surface area contributed by atoms with Crippen molar-refractivity contribution in [3.8, 4) is 16.6 Å². The maximum absolute atomic E-state index is 14.0. The highest BCUT2D eigenvalue weighted by Crippen LogP contribution is 2.32. The number of amides is 1. The van der Waals surface area contributed by atoms with Gasteiger partial charge < -0.3 is 14.8 Å². The van der Waals surface area contributed by atoms with Crippen LogP contribution in [0.3, 0.4) is 0 Å². The fourth-order valence-corrected chi connectivity index (χ4v) is 4.03. The van der Waals surface area contributed by atoms with Crippen LogP contribution in [0, 0.1) is 12.7 Å². The van der Waals surface area contributed by atoms with Gasteiger partial charge in [0, 0.05) is 6.07 Å². The number of nitrogens with zero attached hydrogens (tertiary/aromatic N) is 3. The second-order valence-electron chi connectivity index (χ2n) is 6.52. The number of hydrogen-bond acceptors (Lipinski definition) is 6. The van der Waals surface area contributed by atoms with E-state index in [2.05, 4.69) is 15.4 Å². The van der Waals surface area contributed by atoms with E-state index in [-0.39, 0.29) is 18.0 Å². The van der Waals surface area contributed by atoms with Crippen LogP contribution in [0.15, 0.2) is 48.5 Å². The van der Waals surface area contributed by atoms with Gasteiger partial charge in [-0.1, -0.05) is 29.5 Å². The van der Waals surface area contributed by atoms with Gasteiger partial charge in [-0.3, -0.25) is 4.79 Å². The van der Waals surface area contributed by atoms with Gasteiger partial charge in [-0.05, 0) is 31.2 Å². The summed E-state index contributed by atoms with van der Waals surface area (Å²) in [5.74, 6) is 0.785. The summed E-state index contributed by atoms with van der Waals surface area (Å²) >= 11 is 1.29. The molecule has 1 atom stereocenters. The number of carbonyl (C=O) groups is 1. The number of halogens is 1. The number of benzene rings is 2. The molecule has 0 saturated carbocycles. The second-order valence-corrected chi connectivity index (χ2v) is 7.53. The van der Waals surface area contributed by atoms with Gasteiger partial charge >= 0.3 is 0 Å². The lowest BCUT2D eigenvalue weighted by atomic mass is 10.2. The molecule has 0 aliphatic carbocycles. The minimum atomic E-state index is -0.804. The zero-order chi connectivity index (χ0) is 20.0. The number of para-hydroxylation sites is 3. The predicted octanol–water partition coefficient (Wildman–Crippen LogP) is 3.71. The standard InChI is InChI=1S/C20H15FN4O3S/c1-11-9-17(22-19(26)15-10-27-13-6-2-3-7-14(13)28-15)25(24-11)20-23-18-12(21)5-4-8-16(18)29-20/h2-9,15H,10H2,1H3,(H,22,26). The molecule has 2 aromatic heterocycles. The molecule has 1 aliphatic rings. The van der Waals surface area contributed by atoms with Gasteiger partial charge in [0.1, 0.15) is 23.8 Å². The monoisotopic (exact) mass is 410 g/mol. The first kappa shape index (κ1) is 17.6. The maximum atomic E-state index is 14.0. The topological polar surface area (TPSA) is 78.3 Å². The molecule has 0 radical (unpaired) electrons. The molecule has 1 unspecified atom stereocenters. The molecular formula is C20H15FN4O3S. The normalized spacial score (nSPS) is 15.4. The van der Waals surface area contributed by atoms with E-state index in [9.17, 15) is 9.18 Å². The average molecular weight is 410 g/mol. The van der Waals surface area contributed by atoms with E-state index in [1.165, 1.54) is 22.1 Å². The molecule has 7 nitrogen and oxygen atoms in total. The zero-order valence-corrected chi connectivity index (χ0v) is 16.1. The Morgan fingerprint density at radius 1 is 1.24 bits per heavy atom. The van der Waals surface area contributed by atoms with E-state index in [0.717, 1.165) is 0 Å². The van der Waals surface area contributed by atoms with Crippen LogP contribution >= 0.6 is 11.3 Å². The molecule has 4 aromatic rings. The van der Waals surface area contributed by atoms with Crippen molar-refractivity contribution in [2.45, 2.75) is 13.0 Å². The lowest BCUT2D eigenvalue weighted by Gasteiger charge is -2.25. The molecule has 1 aliphatic heterocycles. The molecule has 1 amide bonds. The summed E-state index contributed by atoms with van der Waals surface area (Å²) in [6.07, 6.45) is -0.804. The van der Waals surface area contributed by atoms with Gasteiger partial charge in [-0.2, -0.15) is 9.78 Å². The lowest BCUT2D eigenvalue weighted by Crippen LogP contribution is -2.40. The van der Waals surface area contributed by atoms with Crippen LogP contribution in [0.5, 0.6) is 11.5 Å². The highest BCUT2D eigenvalue weighted by molar-refractivity contribution is 7.20. The van der Waals surface area contributed by atoms with Gasteiger partial charge in [0.15, 0.2) is 11.5 Å². The van der Waals surface area contributed by atoms with Crippen molar-refractivity contribution in [2.24, 2.45) is 0 Å². The molecule has 29 heavy (non-hydrogen) atoms. The summed E-state index contributed by atoms with van der Waals surface area (Å²) in [7, 11) is 0. The van der Waals surface area contributed by atoms with E-state index < -0.39 is 11.9 Å². The largest absolute Gasteiger partial charge is 0.485 e. The molecular weight excluding hydrogens is 395 g/mol. The molecule has 0 saturated heterocycles. The Labute approximate surface area is 168 Å². The maximum Gasteiger partial charge on any atom is 0.270 e. The van der Waals surface area contributed by atoms with Crippen LogP contribution in [0.1, 0.15) is 5.69 Å². The first-order chi connectivity index (χ1) is 14.1. The third-order valence-corrected chi connectivity index (χ3v) is 5.42. The third-order valence-electron chi connectivity index (χ3n) is 4.42. The molecule has 0 spiro atoms. The van der Waals surface area contributed by atoms with Gasteiger partial charge in [0.05, 0.1) is 10.4 Å². The van der Waals surface area contributed by atoms with Crippen molar-refractivity contribution in [3.05, 3.63) is 60.0 Å². The summed E-state index contributed by atoms with van der Waals surface area (Å²) in [5, 5.41) is 7.67. The Kier molecular flexibility index (Phi) is 4.17. The number of anilines is 1. The van der Waals surface area contributed by atoms with Crippen molar-refractivity contribution in [1.29, 1.82) is 0 Å². The molecule has 5 rings (SSSR count).